The smallest absolute Gasteiger partial charge is 0.360 e. The summed E-state index contributed by atoms with van der Waals surface area (Å²) < 4.78 is 6.48. The van der Waals surface area contributed by atoms with Crippen LogP contribution in [0.3, 0.4) is 0 Å². The van der Waals surface area contributed by atoms with E-state index in [4.69, 9.17) is 16.3 Å². The van der Waals surface area contributed by atoms with Gasteiger partial charge in [0.2, 0.25) is 0 Å². The van der Waals surface area contributed by atoms with E-state index < -0.39 is 5.97 Å². The molecule has 0 saturated carbocycles. The van der Waals surface area contributed by atoms with Gasteiger partial charge in [-0.25, -0.2) is 9.48 Å². The molecule has 2 aromatic rings. The zero-order chi connectivity index (χ0) is 15.7. The SMILES string of the molecule is COC(=O)c1nn(-c2cc(C)cc(C)c2)c(C(C)C)c1Cl. The fourth-order valence-corrected chi connectivity index (χ4v) is 2.82. The van der Waals surface area contributed by atoms with Gasteiger partial charge < -0.3 is 4.74 Å². The molecule has 0 saturated heterocycles. The molecule has 0 bridgehead atoms. The molecule has 0 atom stereocenters. The number of carbonyl (C=O) groups is 1. The summed E-state index contributed by atoms with van der Waals surface area (Å²) in [5.41, 5.74) is 4.12. The summed E-state index contributed by atoms with van der Waals surface area (Å²) in [4.78, 5) is 11.8. The Kier molecular flexibility index (Phi) is 4.37. The number of halogens is 1. The third kappa shape index (κ3) is 2.95. The number of benzene rings is 1. The molecule has 21 heavy (non-hydrogen) atoms. The fraction of sp³-hybridized carbons (Fsp3) is 0.375. The molecule has 0 aliphatic carbocycles. The fourth-order valence-electron chi connectivity index (χ4n) is 2.41. The molecule has 4 nitrogen and oxygen atoms in total. The Morgan fingerprint density at radius 1 is 1.24 bits per heavy atom. The molecule has 0 fully saturated rings. The quantitative estimate of drug-likeness (QED) is 0.803. The van der Waals surface area contributed by atoms with E-state index >= 15 is 0 Å². The number of hydrogen-bond acceptors (Lipinski definition) is 3. The molecule has 0 amide bonds. The first-order valence-electron chi connectivity index (χ1n) is 6.80. The van der Waals surface area contributed by atoms with Gasteiger partial charge in [-0.2, -0.15) is 5.10 Å². The van der Waals surface area contributed by atoms with Gasteiger partial charge in [-0.1, -0.05) is 31.5 Å². The van der Waals surface area contributed by atoms with Crippen molar-refractivity contribution in [2.75, 3.05) is 7.11 Å². The standard InChI is InChI=1S/C16H19ClN2O2/c1-9(2)15-13(17)14(16(20)21-5)18-19(15)12-7-10(3)6-11(4)8-12/h6-9H,1-5H3. The van der Waals surface area contributed by atoms with E-state index in [1.807, 2.05) is 39.8 Å². The Morgan fingerprint density at radius 3 is 2.29 bits per heavy atom. The molecule has 0 spiro atoms. The van der Waals surface area contributed by atoms with Crippen LogP contribution in [0.15, 0.2) is 18.2 Å². The summed E-state index contributed by atoms with van der Waals surface area (Å²) in [5, 5.41) is 4.72. The van der Waals surface area contributed by atoms with Gasteiger partial charge in [0.25, 0.3) is 0 Å². The molecular weight excluding hydrogens is 288 g/mol. The Hall–Kier alpha value is -1.81. The first-order valence-corrected chi connectivity index (χ1v) is 7.18. The van der Waals surface area contributed by atoms with Crippen LogP contribution in [0.4, 0.5) is 0 Å². The Bertz CT molecular complexity index is 670. The number of nitrogens with zero attached hydrogens (tertiary/aromatic N) is 2. The van der Waals surface area contributed by atoms with E-state index in [1.54, 1.807) is 4.68 Å². The van der Waals surface area contributed by atoms with Crippen molar-refractivity contribution in [2.24, 2.45) is 0 Å². The van der Waals surface area contributed by atoms with Crippen molar-refractivity contribution in [3.8, 4) is 5.69 Å². The summed E-state index contributed by atoms with van der Waals surface area (Å²) in [6, 6.07) is 6.12. The monoisotopic (exact) mass is 306 g/mol. The van der Waals surface area contributed by atoms with Crippen molar-refractivity contribution in [1.29, 1.82) is 0 Å². The first kappa shape index (κ1) is 15.6. The minimum atomic E-state index is -0.523. The molecule has 1 heterocycles. The zero-order valence-electron chi connectivity index (χ0n) is 12.9. The normalized spacial score (nSPS) is 11.0. The highest BCUT2D eigenvalue weighted by Crippen LogP contribution is 2.30. The maximum atomic E-state index is 11.8. The largest absolute Gasteiger partial charge is 0.464 e. The van der Waals surface area contributed by atoms with Crippen molar-refractivity contribution in [3.05, 3.63) is 45.7 Å². The molecule has 1 aromatic heterocycles. The highest BCUT2D eigenvalue weighted by atomic mass is 35.5. The van der Waals surface area contributed by atoms with Gasteiger partial charge in [-0.05, 0) is 43.0 Å². The summed E-state index contributed by atoms with van der Waals surface area (Å²) >= 11 is 6.34. The van der Waals surface area contributed by atoms with Gasteiger partial charge in [0.15, 0.2) is 5.69 Å². The maximum Gasteiger partial charge on any atom is 0.360 e. The third-order valence-corrected chi connectivity index (χ3v) is 3.61. The molecule has 112 valence electrons. The van der Waals surface area contributed by atoms with Gasteiger partial charge >= 0.3 is 5.97 Å². The van der Waals surface area contributed by atoms with Crippen LogP contribution < -0.4 is 0 Å². The van der Waals surface area contributed by atoms with Crippen LogP contribution in [0.5, 0.6) is 0 Å². The molecule has 2 rings (SSSR count). The minimum Gasteiger partial charge on any atom is -0.464 e. The van der Waals surface area contributed by atoms with Gasteiger partial charge in [0.1, 0.15) is 0 Å². The Balaban J connectivity index is 2.70. The van der Waals surface area contributed by atoms with Gasteiger partial charge in [0, 0.05) is 0 Å². The number of hydrogen-bond donors (Lipinski definition) is 0. The predicted octanol–water partition coefficient (Wildman–Crippen LogP) is 4.05. The van der Waals surface area contributed by atoms with E-state index in [0.717, 1.165) is 22.5 Å². The maximum absolute atomic E-state index is 11.8. The van der Waals surface area contributed by atoms with Crippen LogP contribution in [0.25, 0.3) is 5.69 Å². The van der Waals surface area contributed by atoms with Crippen LogP contribution in [-0.2, 0) is 4.74 Å². The van der Waals surface area contributed by atoms with Gasteiger partial charge in [0.05, 0.1) is 23.5 Å². The molecule has 0 aliphatic rings. The summed E-state index contributed by atoms with van der Waals surface area (Å²) in [6.07, 6.45) is 0. The zero-order valence-corrected chi connectivity index (χ0v) is 13.7. The summed E-state index contributed by atoms with van der Waals surface area (Å²) in [5.74, 6) is -0.394. The van der Waals surface area contributed by atoms with Crippen LogP contribution in [0.2, 0.25) is 5.02 Å². The van der Waals surface area contributed by atoms with Crippen LogP contribution in [0.1, 0.15) is 47.1 Å². The average Bonchev–Trinajstić information content (AvgIpc) is 2.74. The lowest BCUT2D eigenvalue weighted by molar-refractivity contribution is 0.0593. The van der Waals surface area contributed by atoms with Crippen molar-refractivity contribution >= 4 is 17.6 Å². The lowest BCUT2D eigenvalue weighted by atomic mass is 10.1. The van der Waals surface area contributed by atoms with E-state index in [9.17, 15) is 4.79 Å². The van der Waals surface area contributed by atoms with E-state index in [1.165, 1.54) is 7.11 Å². The van der Waals surface area contributed by atoms with Crippen molar-refractivity contribution < 1.29 is 9.53 Å². The summed E-state index contributed by atoms with van der Waals surface area (Å²) in [7, 11) is 1.32. The molecular formula is C16H19ClN2O2. The Morgan fingerprint density at radius 2 is 1.81 bits per heavy atom. The molecule has 0 unspecified atom stereocenters. The number of esters is 1. The lowest BCUT2D eigenvalue weighted by Crippen LogP contribution is -2.06. The van der Waals surface area contributed by atoms with Crippen molar-refractivity contribution in [3.63, 3.8) is 0 Å². The van der Waals surface area contributed by atoms with E-state index in [2.05, 4.69) is 11.2 Å². The number of aryl methyl sites for hydroxylation is 2. The second-order valence-corrected chi connectivity index (χ2v) is 5.83. The molecule has 0 radical (unpaired) electrons. The van der Waals surface area contributed by atoms with E-state index in [0.29, 0.717) is 5.02 Å². The van der Waals surface area contributed by atoms with Crippen LogP contribution in [-0.4, -0.2) is 22.9 Å². The first-order chi connectivity index (χ1) is 9.85. The topological polar surface area (TPSA) is 44.1 Å². The highest BCUT2D eigenvalue weighted by Gasteiger charge is 2.24. The number of methoxy groups -OCH3 is 1. The van der Waals surface area contributed by atoms with Crippen LogP contribution in [0, 0.1) is 13.8 Å². The Labute approximate surface area is 129 Å². The number of ether oxygens (including phenoxy) is 1. The van der Waals surface area contributed by atoms with Gasteiger partial charge in [-0.3, -0.25) is 0 Å². The highest BCUT2D eigenvalue weighted by molar-refractivity contribution is 6.34. The predicted molar refractivity (Wildman–Crippen MR) is 83.5 cm³/mol. The minimum absolute atomic E-state index is 0.129. The molecule has 0 aliphatic heterocycles. The van der Waals surface area contributed by atoms with Crippen molar-refractivity contribution in [2.45, 2.75) is 33.6 Å². The van der Waals surface area contributed by atoms with Crippen molar-refractivity contribution in [1.82, 2.24) is 9.78 Å². The van der Waals surface area contributed by atoms with Crippen LogP contribution >= 0.6 is 11.6 Å². The number of aromatic nitrogens is 2. The van der Waals surface area contributed by atoms with E-state index in [-0.39, 0.29) is 11.6 Å². The second kappa shape index (κ2) is 5.90. The summed E-state index contributed by atoms with van der Waals surface area (Å²) in [6.45, 7) is 8.09. The average molecular weight is 307 g/mol. The lowest BCUT2D eigenvalue weighted by Gasteiger charge is -2.12. The molecule has 1 aromatic carbocycles. The number of rotatable bonds is 3. The third-order valence-electron chi connectivity index (χ3n) is 3.24. The molecule has 5 heteroatoms. The van der Waals surface area contributed by atoms with Gasteiger partial charge in [-0.15, -0.1) is 0 Å². The number of carbonyl (C=O) groups excluding carboxylic acids is 1. The second-order valence-electron chi connectivity index (χ2n) is 5.45. The molecule has 0 N–H and O–H groups in total.